The summed E-state index contributed by atoms with van der Waals surface area (Å²) >= 11 is 0. The third kappa shape index (κ3) is 3.16. The van der Waals surface area contributed by atoms with Crippen LogP contribution in [0.2, 0.25) is 0 Å². The van der Waals surface area contributed by atoms with E-state index in [9.17, 15) is 0 Å². The van der Waals surface area contributed by atoms with Crippen LogP contribution in [0.15, 0.2) is 0 Å². The Labute approximate surface area is 65.1 Å². The van der Waals surface area contributed by atoms with Crippen molar-refractivity contribution in [3.05, 3.63) is 0 Å². The monoisotopic (exact) mass is 151 g/mol. The second kappa shape index (κ2) is 5.66. The highest BCUT2D eigenvalue weighted by Crippen LogP contribution is 2.12. The molecule has 0 aromatic carbocycles. The topological polar surface area (TPSA) is 12.0 Å². The van der Waals surface area contributed by atoms with Gasteiger partial charge in [0.15, 0.2) is 0 Å². The Kier molecular flexibility index (Phi) is 5.60. The normalized spacial score (nSPS) is 24.4. The number of rotatable bonds is 1. The first kappa shape index (κ1) is 9.89. The lowest BCUT2D eigenvalue weighted by atomic mass is 10.0. The largest absolute Gasteiger partial charge is 0.314 e. The fourth-order valence-corrected chi connectivity index (χ4v) is 1.28. The van der Waals surface area contributed by atoms with Crippen LogP contribution in [0, 0.1) is 5.92 Å². The SMILES string of the molecule is C.CC(C)[C@@H]1CCCN1.[3H]F. The summed E-state index contributed by atoms with van der Waals surface area (Å²) in [7, 11) is 0. The predicted octanol–water partition coefficient (Wildman–Crippen LogP) is 2.18. The second-order valence-corrected chi connectivity index (χ2v) is 2.95. The Morgan fingerprint density at radius 1 is 1.60 bits per heavy atom. The Morgan fingerprint density at radius 3 is 2.40 bits per heavy atom. The Bertz CT molecular complexity index is 72.5. The minimum Gasteiger partial charge on any atom is -0.314 e. The van der Waals surface area contributed by atoms with E-state index >= 15 is 0 Å². The van der Waals surface area contributed by atoms with E-state index in [1.165, 1.54) is 19.4 Å². The first-order chi connectivity index (χ1) is 4.80. The third-order valence-electron chi connectivity index (χ3n) is 1.90. The van der Waals surface area contributed by atoms with Crippen LogP contribution in [0.5, 0.6) is 0 Å². The van der Waals surface area contributed by atoms with Crippen molar-refractivity contribution in [3.63, 3.8) is 0 Å². The van der Waals surface area contributed by atoms with Crippen molar-refractivity contribution in [2.45, 2.75) is 40.2 Å². The first-order valence-electron chi connectivity index (χ1n) is 3.92. The van der Waals surface area contributed by atoms with Gasteiger partial charge in [0.2, 0.25) is 0 Å². The molecule has 1 aliphatic heterocycles. The van der Waals surface area contributed by atoms with Crippen molar-refractivity contribution < 1.29 is 4.72 Å². The zero-order valence-corrected chi connectivity index (χ0v) is 6.15. The van der Waals surface area contributed by atoms with E-state index in [-0.39, 0.29) is 7.43 Å². The Hall–Kier alpha value is -0.110. The van der Waals surface area contributed by atoms with Crippen molar-refractivity contribution >= 4 is 0 Å². The van der Waals surface area contributed by atoms with Crippen LogP contribution < -0.4 is 5.32 Å². The molecule has 0 spiro atoms. The van der Waals surface area contributed by atoms with Crippen LogP contribution in [0.25, 0.3) is 0 Å². The summed E-state index contributed by atoms with van der Waals surface area (Å²) in [6.07, 6.45) is 2.76. The molecule has 1 fully saturated rings. The molecule has 0 aliphatic carbocycles. The molecule has 0 radical (unpaired) electrons. The molecule has 1 rings (SSSR count). The zero-order chi connectivity index (χ0) is 7.98. The van der Waals surface area contributed by atoms with Gasteiger partial charge in [-0.2, -0.15) is 0 Å². The summed E-state index contributed by atoms with van der Waals surface area (Å²) in [5, 5.41) is 3.46. The molecule has 1 nitrogen and oxygen atoms in total. The summed E-state index contributed by atoms with van der Waals surface area (Å²) < 4.78 is 13.0. The third-order valence-corrected chi connectivity index (χ3v) is 1.90. The molecule has 1 atom stereocenters. The molecule has 0 aromatic heterocycles. The van der Waals surface area contributed by atoms with Crippen LogP contribution >= 0.6 is 0 Å². The number of halogens is 1. The standard InChI is InChI=1S/C7H15N.CH4.FH/c1-6(2)7-4-3-5-8-7;;/h6-8H,3-5H2,1-2H3;1H4;1H/t7-;;/m0../s1/i/hT. The van der Waals surface area contributed by atoms with Crippen molar-refractivity contribution in [3.8, 4) is 0 Å². The van der Waals surface area contributed by atoms with Gasteiger partial charge in [-0.05, 0) is 25.3 Å². The molecule has 10 heavy (non-hydrogen) atoms. The molecule has 1 saturated heterocycles. The van der Waals surface area contributed by atoms with E-state index in [0.717, 1.165) is 12.0 Å². The van der Waals surface area contributed by atoms with E-state index in [4.69, 9.17) is 4.72 Å². The fourth-order valence-electron chi connectivity index (χ4n) is 1.28. The van der Waals surface area contributed by atoms with Crippen LogP contribution in [-0.4, -0.2) is 14.0 Å². The van der Waals surface area contributed by atoms with Gasteiger partial charge >= 0.3 is 0 Å². The molecule has 0 amide bonds. The van der Waals surface area contributed by atoms with Crippen LogP contribution in [-0.2, 0) is 0 Å². The molecule has 1 N–H and O–H groups in total. The van der Waals surface area contributed by atoms with Gasteiger partial charge < -0.3 is 5.32 Å². The van der Waals surface area contributed by atoms with Gasteiger partial charge in [-0.15, -0.1) is 0 Å². The highest BCUT2D eigenvalue weighted by atomic mass is 19.0. The van der Waals surface area contributed by atoms with Crippen molar-refractivity contribution in [1.82, 2.24) is 5.32 Å². The maximum absolute atomic E-state index is 8.75. The van der Waals surface area contributed by atoms with E-state index < -0.39 is 0 Å². The fraction of sp³-hybridized carbons (Fsp3) is 1.00. The lowest BCUT2D eigenvalue weighted by molar-refractivity contribution is 0.452. The van der Waals surface area contributed by atoms with Gasteiger partial charge in [0, 0.05) is 6.04 Å². The van der Waals surface area contributed by atoms with E-state index in [2.05, 4.69) is 20.6 Å². The smallest absolute Gasteiger partial charge is 0.269 e. The lowest BCUT2D eigenvalue weighted by Crippen LogP contribution is -2.26. The number of hydrogen-bond donors (Lipinski definition) is 1. The van der Waals surface area contributed by atoms with E-state index in [1.54, 1.807) is 0 Å². The summed E-state index contributed by atoms with van der Waals surface area (Å²) in [6, 6.07) is 0.815. The van der Waals surface area contributed by atoms with Gasteiger partial charge in [0.1, 0.15) is 0 Å². The molecule has 0 aromatic rings. The summed E-state index contributed by atoms with van der Waals surface area (Å²) in [6.45, 7) is 5.80. The summed E-state index contributed by atoms with van der Waals surface area (Å²) in [4.78, 5) is 0. The molecule has 0 saturated carbocycles. The second-order valence-electron chi connectivity index (χ2n) is 2.95. The van der Waals surface area contributed by atoms with Gasteiger partial charge in [0.25, 0.3) is 1.45 Å². The number of hydrogen-bond acceptors (Lipinski definition) is 1. The zero-order valence-electron chi connectivity index (χ0n) is 7.15. The van der Waals surface area contributed by atoms with E-state index in [0.29, 0.717) is 0 Å². The average molecular weight is 151 g/mol. The maximum Gasteiger partial charge on any atom is 0.269 e. The molecule has 64 valence electrons. The van der Waals surface area contributed by atoms with Crippen molar-refractivity contribution in [1.29, 1.82) is 1.45 Å². The van der Waals surface area contributed by atoms with Crippen molar-refractivity contribution in [2.24, 2.45) is 5.92 Å². The molecular formula is C8H20FN. The molecule has 0 unspecified atom stereocenters. The minimum atomic E-state index is 0. The molecule has 1 heterocycles. The predicted molar refractivity (Wildman–Crippen MR) is 45.1 cm³/mol. The molecule has 1 aliphatic rings. The molecular weight excluding hydrogens is 129 g/mol. The molecule has 0 bridgehead atoms. The van der Waals surface area contributed by atoms with Crippen LogP contribution in [0.1, 0.15) is 34.1 Å². The van der Waals surface area contributed by atoms with Gasteiger partial charge in [-0.3, -0.25) is 4.72 Å². The quantitative estimate of drug-likeness (QED) is 0.605. The highest BCUT2D eigenvalue weighted by molar-refractivity contribution is 4.76. The summed E-state index contributed by atoms with van der Waals surface area (Å²) in [5.41, 5.74) is 0. The van der Waals surface area contributed by atoms with Gasteiger partial charge in [-0.25, -0.2) is 0 Å². The Morgan fingerprint density at radius 2 is 2.20 bits per heavy atom. The Balaban J connectivity index is 0. The van der Waals surface area contributed by atoms with Gasteiger partial charge in [-0.1, -0.05) is 21.3 Å². The van der Waals surface area contributed by atoms with Crippen LogP contribution in [0.4, 0.5) is 4.72 Å². The highest BCUT2D eigenvalue weighted by Gasteiger charge is 2.16. The van der Waals surface area contributed by atoms with Gasteiger partial charge in [0.05, 0.1) is 0 Å². The average Bonchev–Trinajstić information content (AvgIpc) is 2.42. The number of nitrogens with one attached hydrogen (secondary N) is 1. The summed E-state index contributed by atoms with van der Waals surface area (Å²) in [5.74, 6) is 0.831. The van der Waals surface area contributed by atoms with Crippen LogP contribution in [0.3, 0.4) is 0 Å². The maximum atomic E-state index is 8.75. The minimum absolute atomic E-state index is 0. The van der Waals surface area contributed by atoms with E-state index in [1.807, 2.05) is 0 Å². The lowest BCUT2D eigenvalue weighted by Gasteiger charge is -2.12. The first-order valence-corrected chi connectivity index (χ1v) is 3.54. The van der Waals surface area contributed by atoms with Crippen molar-refractivity contribution in [2.75, 3.05) is 6.54 Å². The molecule has 2 heteroatoms.